The van der Waals surface area contributed by atoms with Crippen LogP contribution in [0.3, 0.4) is 0 Å². The highest BCUT2D eigenvalue weighted by atomic mass is 32.2. The number of hydrogen-bond acceptors (Lipinski definition) is 5. The van der Waals surface area contributed by atoms with Crippen molar-refractivity contribution in [1.29, 1.82) is 0 Å². The molecule has 0 unspecified atom stereocenters. The third-order valence-corrected chi connectivity index (χ3v) is 3.83. The van der Waals surface area contributed by atoms with Gasteiger partial charge >= 0.3 is 0 Å². The molecular weight excluding hydrogens is 286 g/mol. The SMILES string of the molecule is Cc1ccc(C)c(OCCCSc2nc(N)cc(=O)[nH]2)c1. The molecule has 0 spiro atoms. The molecule has 0 aliphatic carbocycles. The van der Waals surface area contributed by atoms with Crippen LogP contribution in [0.2, 0.25) is 0 Å². The molecule has 1 aromatic heterocycles. The molecule has 3 N–H and O–H groups in total. The van der Waals surface area contributed by atoms with Crippen molar-refractivity contribution < 1.29 is 4.74 Å². The van der Waals surface area contributed by atoms with Crippen molar-refractivity contribution in [3.05, 3.63) is 45.7 Å². The molecular formula is C15H19N3O2S. The molecule has 21 heavy (non-hydrogen) atoms. The number of aromatic nitrogens is 2. The topological polar surface area (TPSA) is 81.0 Å². The second-order valence-corrected chi connectivity index (χ2v) is 5.88. The van der Waals surface area contributed by atoms with Crippen molar-refractivity contribution in [2.75, 3.05) is 18.1 Å². The summed E-state index contributed by atoms with van der Waals surface area (Å²) in [6.45, 7) is 4.71. The standard InChI is InChI=1S/C15H19N3O2S/c1-10-4-5-11(2)12(8-10)20-6-3-7-21-15-17-13(16)9-14(19)18-15/h4-5,8-9H,3,6-7H2,1-2H3,(H3,16,17,18,19). The first-order valence-electron chi connectivity index (χ1n) is 6.74. The minimum absolute atomic E-state index is 0.225. The molecule has 1 aromatic carbocycles. The maximum absolute atomic E-state index is 11.2. The summed E-state index contributed by atoms with van der Waals surface area (Å²) in [4.78, 5) is 17.9. The van der Waals surface area contributed by atoms with Crippen LogP contribution < -0.4 is 16.0 Å². The van der Waals surface area contributed by atoms with Crippen molar-refractivity contribution in [1.82, 2.24) is 9.97 Å². The van der Waals surface area contributed by atoms with Crippen molar-refractivity contribution in [3.8, 4) is 5.75 Å². The predicted octanol–water partition coefficient (Wildman–Crippen LogP) is 2.53. The average Bonchev–Trinajstić information content (AvgIpc) is 2.41. The zero-order valence-electron chi connectivity index (χ0n) is 12.2. The van der Waals surface area contributed by atoms with Gasteiger partial charge in [0.1, 0.15) is 11.6 Å². The van der Waals surface area contributed by atoms with E-state index < -0.39 is 0 Å². The largest absolute Gasteiger partial charge is 0.493 e. The number of nitrogens with two attached hydrogens (primary N) is 1. The Morgan fingerprint density at radius 3 is 2.90 bits per heavy atom. The first-order valence-corrected chi connectivity index (χ1v) is 7.73. The van der Waals surface area contributed by atoms with Crippen LogP contribution in [0.1, 0.15) is 17.5 Å². The van der Waals surface area contributed by atoms with Crippen LogP contribution in [0.15, 0.2) is 34.2 Å². The number of nitrogen functional groups attached to an aromatic ring is 1. The van der Waals surface area contributed by atoms with Crippen LogP contribution in [-0.2, 0) is 0 Å². The van der Waals surface area contributed by atoms with Gasteiger partial charge in [-0.3, -0.25) is 4.79 Å². The number of thioether (sulfide) groups is 1. The summed E-state index contributed by atoms with van der Waals surface area (Å²) in [5.74, 6) is 1.97. The van der Waals surface area contributed by atoms with Gasteiger partial charge in [0.15, 0.2) is 5.16 Å². The molecule has 0 aliphatic heterocycles. The summed E-state index contributed by atoms with van der Waals surface area (Å²) in [5.41, 5.74) is 7.62. The Hall–Kier alpha value is -1.95. The van der Waals surface area contributed by atoms with Gasteiger partial charge in [-0.2, -0.15) is 0 Å². The second-order valence-electron chi connectivity index (χ2n) is 4.79. The number of hydrogen-bond donors (Lipinski definition) is 2. The minimum Gasteiger partial charge on any atom is -0.493 e. The highest BCUT2D eigenvalue weighted by Crippen LogP contribution is 2.20. The third kappa shape index (κ3) is 4.82. The van der Waals surface area contributed by atoms with Crippen LogP contribution in [0.5, 0.6) is 5.75 Å². The van der Waals surface area contributed by atoms with Crippen LogP contribution in [0.4, 0.5) is 5.82 Å². The Kier molecular flexibility index (Phi) is 5.27. The Morgan fingerprint density at radius 1 is 1.33 bits per heavy atom. The van der Waals surface area contributed by atoms with Crippen molar-refractivity contribution in [3.63, 3.8) is 0 Å². The quantitative estimate of drug-likeness (QED) is 0.487. The number of anilines is 1. The van der Waals surface area contributed by atoms with Gasteiger partial charge in [0, 0.05) is 11.8 Å². The van der Waals surface area contributed by atoms with E-state index in [-0.39, 0.29) is 11.4 Å². The van der Waals surface area contributed by atoms with Crippen molar-refractivity contribution in [2.24, 2.45) is 0 Å². The number of rotatable bonds is 6. The molecule has 0 fully saturated rings. The smallest absolute Gasteiger partial charge is 0.253 e. The van der Waals surface area contributed by atoms with Crippen molar-refractivity contribution in [2.45, 2.75) is 25.4 Å². The number of nitrogens with one attached hydrogen (secondary N) is 1. The molecule has 2 aromatic rings. The molecule has 0 bridgehead atoms. The molecule has 5 nitrogen and oxygen atoms in total. The molecule has 0 saturated carbocycles. The average molecular weight is 305 g/mol. The Labute approximate surface area is 127 Å². The lowest BCUT2D eigenvalue weighted by molar-refractivity contribution is 0.316. The summed E-state index contributed by atoms with van der Waals surface area (Å²) >= 11 is 1.46. The molecule has 0 radical (unpaired) electrons. The van der Waals surface area contributed by atoms with Gasteiger partial charge in [-0.25, -0.2) is 4.98 Å². The summed E-state index contributed by atoms with van der Waals surface area (Å²) in [6, 6.07) is 7.44. The molecule has 0 atom stereocenters. The fraction of sp³-hybridized carbons (Fsp3) is 0.333. The van der Waals surface area contributed by atoms with Crippen LogP contribution in [0, 0.1) is 13.8 Å². The molecule has 6 heteroatoms. The summed E-state index contributed by atoms with van der Waals surface area (Å²) in [7, 11) is 0. The highest BCUT2D eigenvalue weighted by Gasteiger charge is 2.02. The molecule has 112 valence electrons. The minimum atomic E-state index is -0.225. The number of aryl methyl sites for hydroxylation is 2. The van der Waals surface area contributed by atoms with Gasteiger partial charge in [-0.05, 0) is 37.5 Å². The fourth-order valence-electron chi connectivity index (χ4n) is 1.79. The van der Waals surface area contributed by atoms with Gasteiger partial charge in [0.25, 0.3) is 5.56 Å². The lowest BCUT2D eigenvalue weighted by Gasteiger charge is -2.09. The van der Waals surface area contributed by atoms with Gasteiger partial charge in [-0.1, -0.05) is 23.9 Å². The maximum Gasteiger partial charge on any atom is 0.253 e. The van der Waals surface area contributed by atoms with Gasteiger partial charge in [0.05, 0.1) is 6.61 Å². The van der Waals surface area contributed by atoms with E-state index in [1.807, 2.05) is 19.9 Å². The Balaban J connectivity index is 1.77. The van der Waals surface area contributed by atoms with Crippen molar-refractivity contribution >= 4 is 17.6 Å². The number of nitrogens with zero attached hydrogens (tertiary/aromatic N) is 1. The van der Waals surface area contributed by atoms with Gasteiger partial charge in [0.2, 0.25) is 0 Å². The Morgan fingerprint density at radius 2 is 2.14 bits per heavy atom. The highest BCUT2D eigenvalue weighted by molar-refractivity contribution is 7.99. The molecule has 0 aliphatic rings. The van der Waals surface area contributed by atoms with Crippen LogP contribution in [-0.4, -0.2) is 22.3 Å². The normalized spacial score (nSPS) is 10.6. The number of ether oxygens (including phenoxy) is 1. The summed E-state index contributed by atoms with van der Waals surface area (Å²) in [6.07, 6.45) is 0.858. The van der Waals surface area contributed by atoms with E-state index in [1.54, 1.807) is 0 Å². The number of H-pyrrole nitrogens is 1. The fourth-order valence-corrected chi connectivity index (χ4v) is 2.59. The van der Waals surface area contributed by atoms with Gasteiger partial charge in [-0.15, -0.1) is 0 Å². The molecule has 2 rings (SSSR count). The second kappa shape index (κ2) is 7.17. The van der Waals surface area contributed by atoms with E-state index in [2.05, 4.69) is 22.1 Å². The van der Waals surface area contributed by atoms with E-state index in [9.17, 15) is 4.79 Å². The number of aromatic amines is 1. The first-order chi connectivity index (χ1) is 10.0. The summed E-state index contributed by atoms with van der Waals surface area (Å²) < 4.78 is 5.77. The summed E-state index contributed by atoms with van der Waals surface area (Å²) in [5, 5.41) is 0.548. The number of benzene rings is 1. The maximum atomic E-state index is 11.2. The van der Waals surface area contributed by atoms with Crippen LogP contribution in [0.25, 0.3) is 0 Å². The molecule has 1 heterocycles. The van der Waals surface area contributed by atoms with E-state index in [4.69, 9.17) is 10.5 Å². The Bertz CT molecular complexity index is 670. The lowest BCUT2D eigenvalue weighted by Crippen LogP contribution is -2.09. The zero-order valence-corrected chi connectivity index (χ0v) is 13.0. The van der Waals surface area contributed by atoms with E-state index in [0.29, 0.717) is 11.8 Å². The van der Waals surface area contributed by atoms with Crippen LogP contribution >= 0.6 is 11.8 Å². The predicted molar refractivity (Wildman–Crippen MR) is 86.0 cm³/mol. The lowest BCUT2D eigenvalue weighted by atomic mass is 10.1. The first kappa shape index (κ1) is 15.4. The van der Waals surface area contributed by atoms with E-state index in [1.165, 1.54) is 23.4 Å². The van der Waals surface area contributed by atoms with E-state index >= 15 is 0 Å². The zero-order chi connectivity index (χ0) is 15.2. The third-order valence-electron chi connectivity index (χ3n) is 2.87. The molecule has 0 saturated heterocycles. The molecule has 0 amide bonds. The van der Waals surface area contributed by atoms with Gasteiger partial charge < -0.3 is 15.5 Å². The van der Waals surface area contributed by atoms with E-state index in [0.717, 1.165) is 23.5 Å². The monoisotopic (exact) mass is 305 g/mol.